The Morgan fingerprint density at radius 3 is 2.52 bits per heavy atom. The largest absolute Gasteiger partial charge is 0.337 e. The SMILES string of the molecule is CCN(Cc1ccc(Cl)c(Cl)c1)C(=O)C(C)N1C(=O)NC2(CCCC2)C1=O. The summed E-state index contributed by atoms with van der Waals surface area (Å²) < 4.78 is 0. The summed E-state index contributed by atoms with van der Waals surface area (Å²) in [5.74, 6) is -0.557. The Balaban J connectivity index is 1.75. The first-order valence-electron chi connectivity index (χ1n) is 9.17. The first-order chi connectivity index (χ1) is 12.8. The molecule has 2 aliphatic rings. The molecule has 146 valence electrons. The van der Waals surface area contributed by atoms with E-state index in [0.29, 0.717) is 36.0 Å². The number of carbonyl (C=O) groups excluding carboxylic acids is 3. The van der Waals surface area contributed by atoms with Crippen LogP contribution in [-0.4, -0.2) is 45.8 Å². The van der Waals surface area contributed by atoms with Gasteiger partial charge in [0.05, 0.1) is 10.0 Å². The number of benzene rings is 1. The van der Waals surface area contributed by atoms with E-state index in [9.17, 15) is 14.4 Å². The Bertz CT molecular complexity index is 777. The minimum atomic E-state index is -0.861. The van der Waals surface area contributed by atoms with Gasteiger partial charge in [-0.1, -0.05) is 42.1 Å². The highest BCUT2D eigenvalue weighted by atomic mass is 35.5. The van der Waals surface area contributed by atoms with Crippen LogP contribution >= 0.6 is 23.2 Å². The van der Waals surface area contributed by atoms with Crippen molar-refractivity contribution in [2.45, 2.75) is 57.7 Å². The molecule has 1 N–H and O–H groups in total. The van der Waals surface area contributed by atoms with E-state index in [4.69, 9.17) is 23.2 Å². The average Bonchev–Trinajstić information content (AvgIpc) is 3.20. The molecule has 1 aromatic carbocycles. The normalized spacial score (nSPS) is 19.5. The summed E-state index contributed by atoms with van der Waals surface area (Å²) in [7, 11) is 0. The van der Waals surface area contributed by atoms with E-state index in [-0.39, 0.29) is 11.8 Å². The number of hydrogen-bond donors (Lipinski definition) is 1. The van der Waals surface area contributed by atoms with Gasteiger partial charge in [-0.15, -0.1) is 0 Å². The van der Waals surface area contributed by atoms with Crippen molar-refractivity contribution in [3.63, 3.8) is 0 Å². The fourth-order valence-electron chi connectivity index (χ4n) is 3.89. The second kappa shape index (κ2) is 7.68. The van der Waals surface area contributed by atoms with Gasteiger partial charge < -0.3 is 10.2 Å². The first kappa shape index (κ1) is 20.0. The Hall–Kier alpha value is -1.79. The minimum Gasteiger partial charge on any atom is -0.337 e. The van der Waals surface area contributed by atoms with Crippen molar-refractivity contribution in [3.8, 4) is 0 Å². The average molecular weight is 412 g/mol. The smallest absolute Gasteiger partial charge is 0.325 e. The third kappa shape index (κ3) is 3.65. The van der Waals surface area contributed by atoms with Gasteiger partial charge in [-0.2, -0.15) is 0 Å². The number of nitrogens with zero attached hydrogens (tertiary/aromatic N) is 2. The third-order valence-corrected chi connectivity index (χ3v) is 6.18. The van der Waals surface area contributed by atoms with Crippen LogP contribution in [0.4, 0.5) is 4.79 Å². The lowest BCUT2D eigenvalue weighted by atomic mass is 9.97. The van der Waals surface area contributed by atoms with E-state index in [2.05, 4.69) is 5.32 Å². The molecule has 1 atom stereocenters. The van der Waals surface area contributed by atoms with Gasteiger partial charge in [0, 0.05) is 13.1 Å². The van der Waals surface area contributed by atoms with Crippen molar-refractivity contribution < 1.29 is 14.4 Å². The number of rotatable bonds is 5. The second-order valence-electron chi connectivity index (χ2n) is 7.17. The Kier molecular flexibility index (Phi) is 5.68. The highest BCUT2D eigenvalue weighted by molar-refractivity contribution is 6.42. The standard InChI is InChI=1S/C19H23Cl2N3O3/c1-3-23(11-13-6-7-14(20)15(21)10-13)16(25)12(2)24-17(26)19(22-18(24)27)8-4-5-9-19/h6-7,10,12H,3-5,8-9,11H2,1-2H3,(H,22,27). The van der Waals surface area contributed by atoms with Gasteiger partial charge in [0.25, 0.3) is 5.91 Å². The lowest BCUT2D eigenvalue weighted by Gasteiger charge is -2.29. The number of urea groups is 1. The molecule has 0 bridgehead atoms. The van der Waals surface area contributed by atoms with Crippen LogP contribution < -0.4 is 5.32 Å². The molecule has 4 amide bonds. The molecule has 3 rings (SSSR count). The summed E-state index contributed by atoms with van der Waals surface area (Å²) in [5.41, 5.74) is 0.0168. The van der Waals surface area contributed by atoms with Gasteiger partial charge in [-0.3, -0.25) is 9.59 Å². The summed E-state index contributed by atoms with van der Waals surface area (Å²) in [4.78, 5) is 41.0. The Labute approximate surface area is 168 Å². The quantitative estimate of drug-likeness (QED) is 0.752. The third-order valence-electron chi connectivity index (χ3n) is 5.45. The van der Waals surface area contributed by atoms with Crippen molar-refractivity contribution in [1.82, 2.24) is 15.1 Å². The fraction of sp³-hybridized carbons (Fsp3) is 0.526. The monoisotopic (exact) mass is 411 g/mol. The maximum absolute atomic E-state index is 13.0. The number of hydrogen-bond acceptors (Lipinski definition) is 3. The van der Waals surface area contributed by atoms with E-state index in [1.807, 2.05) is 6.92 Å². The molecule has 1 heterocycles. The number of carbonyl (C=O) groups is 3. The number of amides is 4. The van der Waals surface area contributed by atoms with E-state index in [1.54, 1.807) is 30.0 Å². The summed E-state index contributed by atoms with van der Waals surface area (Å²) in [6.07, 6.45) is 3.08. The van der Waals surface area contributed by atoms with Gasteiger partial charge in [-0.05, 0) is 44.4 Å². The molecule has 1 unspecified atom stereocenters. The number of likely N-dealkylation sites (N-methyl/N-ethyl adjacent to an activating group) is 1. The van der Waals surface area contributed by atoms with Crippen LogP contribution in [-0.2, 0) is 16.1 Å². The number of imide groups is 1. The molecule has 1 saturated carbocycles. The molecule has 1 aromatic rings. The van der Waals surface area contributed by atoms with Crippen molar-refractivity contribution in [2.24, 2.45) is 0 Å². The van der Waals surface area contributed by atoms with E-state index >= 15 is 0 Å². The van der Waals surface area contributed by atoms with Crippen LogP contribution in [0.1, 0.15) is 45.1 Å². The van der Waals surface area contributed by atoms with Crippen LogP contribution in [0, 0.1) is 0 Å². The van der Waals surface area contributed by atoms with Crippen molar-refractivity contribution in [2.75, 3.05) is 6.54 Å². The molecule has 1 spiro atoms. The van der Waals surface area contributed by atoms with Gasteiger partial charge in [0.2, 0.25) is 5.91 Å². The zero-order valence-corrected chi connectivity index (χ0v) is 16.9. The van der Waals surface area contributed by atoms with Crippen molar-refractivity contribution in [3.05, 3.63) is 33.8 Å². The molecule has 1 saturated heterocycles. The maximum Gasteiger partial charge on any atom is 0.325 e. The molecule has 1 aliphatic heterocycles. The summed E-state index contributed by atoms with van der Waals surface area (Å²) in [6.45, 7) is 4.22. The Morgan fingerprint density at radius 2 is 1.93 bits per heavy atom. The predicted octanol–water partition coefficient (Wildman–Crippen LogP) is 3.60. The molecule has 2 fully saturated rings. The van der Waals surface area contributed by atoms with E-state index in [0.717, 1.165) is 23.3 Å². The Morgan fingerprint density at radius 1 is 1.26 bits per heavy atom. The van der Waals surface area contributed by atoms with Crippen molar-refractivity contribution in [1.29, 1.82) is 0 Å². The highest BCUT2D eigenvalue weighted by Gasteiger charge is 2.54. The van der Waals surface area contributed by atoms with Gasteiger partial charge in [0.15, 0.2) is 0 Å². The number of nitrogens with one attached hydrogen (secondary N) is 1. The topological polar surface area (TPSA) is 69.7 Å². The van der Waals surface area contributed by atoms with Gasteiger partial charge >= 0.3 is 6.03 Å². The fourth-order valence-corrected chi connectivity index (χ4v) is 4.21. The molecule has 8 heteroatoms. The van der Waals surface area contributed by atoms with Crippen LogP contribution in [0.2, 0.25) is 10.0 Å². The molecule has 0 radical (unpaired) electrons. The van der Waals surface area contributed by atoms with Crippen LogP contribution in [0.15, 0.2) is 18.2 Å². The molecule has 27 heavy (non-hydrogen) atoms. The zero-order chi connectivity index (χ0) is 19.8. The van der Waals surface area contributed by atoms with Gasteiger partial charge in [0.1, 0.15) is 11.6 Å². The summed E-state index contributed by atoms with van der Waals surface area (Å²) in [6, 6.07) is 3.86. The number of halogens is 2. The highest BCUT2D eigenvalue weighted by Crippen LogP contribution is 2.36. The second-order valence-corrected chi connectivity index (χ2v) is 7.99. The van der Waals surface area contributed by atoms with Crippen LogP contribution in [0.3, 0.4) is 0 Å². The molecule has 0 aromatic heterocycles. The maximum atomic E-state index is 13.0. The van der Waals surface area contributed by atoms with E-state index < -0.39 is 17.6 Å². The van der Waals surface area contributed by atoms with Crippen LogP contribution in [0.25, 0.3) is 0 Å². The first-order valence-corrected chi connectivity index (χ1v) is 9.93. The molecular formula is C19H23Cl2N3O3. The molecule has 1 aliphatic carbocycles. The van der Waals surface area contributed by atoms with Crippen molar-refractivity contribution >= 4 is 41.0 Å². The lowest BCUT2D eigenvalue weighted by molar-refractivity contribution is -0.143. The zero-order valence-electron chi connectivity index (χ0n) is 15.4. The lowest BCUT2D eigenvalue weighted by Crippen LogP contribution is -2.50. The van der Waals surface area contributed by atoms with E-state index in [1.165, 1.54) is 0 Å². The summed E-state index contributed by atoms with van der Waals surface area (Å²) in [5, 5.41) is 3.69. The molecule has 6 nitrogen and oxygen atoms in total. The molecular weight excluding hydrogens is 389 g/mol. The van der Waals surface area contributed by atoms with Crippen LogP contribution in [0.5, 0.6) is 0 Å². The van der Waals surface area contributed by atoms with Gasteiger partial charge in [-0.25, -0.2) is 9.69 Å². The summed E-state index contributed by atoms with van der Waals surface area (Å²) >= 11 is 12.0. The predicted molar refractivity (Wildman–Crippen MR) is 104 cm³/mol. The minimum absolute atomic E-state index is 0.276.